The summed E-state index contributed by atoms with van der Waals surface area (Å²) in [6.07, 6.45) is 5.87. The van der Waals surface area contributed by atoms with Gasteiger partial charge in [0.05, 0.1) is 18.1 Å². The number of fused-ring (bicyclic) bond motifs is 1. The number of likely N-dealkylation sites (tertiary alicyclic amines) is 1. The minimum Gasteiger partial charge on any atom is -0.481 e. The molecule has 2 N–H and O–H groups in total. The Morgan fingerprint density at radius 2 is 1.27 bits per heavy atom. The van der Waals surface area contributed by atoms with E-state index in [1.807, 2.05) is 69.3 Å². The topological polar surface area (TPSA) is 78.9 Å². The second-order valence-electron chi connectivity index (χ2n) is 15.7. The van der Waals surface area contributed by atoms with Crippen LogP contribution in [0.25, 0.3) is 0 Å². The molecular formula is C44H54N2O4Si. The maximum atomic E-state index is 14.1. The minimum absolute atomic E-state index is 0.0574. The average molecular weight is 703 g/mol. The molecule has 268 valence electrons. The highest BCUT2D eigenvalue weighted by Crippen LogP contribution is 2.39. The Kier molecular flexibility index (Phi) is 11.9. The lowest BCUT2D eigenvalue weighted by molar-refractivity contribution is -0.143. The van der Waals surface area contributed by atoms with E-state index in [-0.39, 0.29) is 17.5 Å². The number of carboxylic acid groups (broad SMARTS) is 1. The number of carboxylic acids is 1. The van der Waals surface area contributed by atoms with Crippen LogP contribution in [0.4, 0.5) is 0 Å². The average Bonchev–Trinajstić information content (AvgIpc) is 3.14. The van der Waals surface area contributed by atoms with Gasteiger partial charge >= 0.3 is 5.97 Å². The normalized spacial score (nSPS) is 20.9. The zero-order valence-corrected chi connectivity index (χ0v) is 31.4. The summed E-state index contributed by atoms with van der Waals surface area (Å²) < 4.78 is 7.78. The van der Waals surface area contributed by atoms with Gasteiger partial charge in [-0.25, -0.2) is 0 Å². The van der Waals surface area contributed by atoms with Crippen LogP contribution in [-0.2, 0) is 20.4 Å². The van der Waals surface area contributed by atoms with Gasteiger partial charge in [-0.15, -0.1) is 0 Å². The fraction of sp³-hybridized carbons (Fsp3) is 0.409. The maximum Gasteiger partial charge on any atom is 0.306 e. The summed E-state index contributed by atoms with van der Waals surface area (Å²) in [4.78, 5) is 29.6. The molecule has 1 heterocycles. The lowest BCUT2D eigenvalue weighted by Crippen LogP contribution is -2.71. The minimum atomic E-state index is -3.21. The van der Waals surface area contributed by atoms with Crippen molar-refractivity contribution in [1.29, 1.82) is 0 Å². The number of piperidine rings is 1. The highest BCUT2D eigenvalue weighted by Gasteiger charge is 2.47. The van der Waals surface area contributed by atoms with Crippen LogP contribution < -0.4 is 20.9 Å². The van der Waals surface area contributed by atoms with E-state index in [0.717, 1.165) is 34.1 Å². The van der Waals surface area contributed by atoms with Gasteiger partial charge in [-0.05, 0) is 79.4 Å². The van der Waals surface area contributed by atoms with Crippen LogP contribution in [0.3, 0.4) is 0 Å². The van der Waals surface area contributed by atoms with Gasteiger partial charge in [-0.2, -0.15) is 0 Å². The molecule has 0 radical (unpaired) electrons. The summed E-state index contributed by atoms with van der Waals surface area (Å²) in [5, 5.41) is 17.4. The molecule has 1 saturated carbocycles. The molecule has 1 aliphatic heterocycles. The zero-order valence-electron chi connectivity index (χ0n) is 30.4. The van der Waals surface area contributed by atoms with Crippen molar-refractivity contribution in [2.45, 2.75) is 83.4 Å². The van der Waals surface area contributed by atoms with Crippen LogP contribution in [-0.4, -0.2) is 61.0 Å². The van der Waals surface area contributed by atoms with Crippen LogP contribution in [0.2, 0.25) is 0 Å². The number of aliphatic carboxylic acids is 1. The van der Waals surface area contributed by atoms with E-state index in [1.165, 1.54) is 25.7 Å². The molecule has 0 aromatic heterocycles. The molecule has 2 unspecified atom stereocenters. The van der Waals surface area contributed by atoms with Gasteiger partial charge in [0, 0.05) is 18.6 Å². The predicted molar refractivity (Wildman–Crippen MR) is 208 cm³/mol. The quantitative estimate of drug-likeness (QED) is 0.129. The predicted octanol–water partition coefficient (Wildman–Crippen LogP) is 6.17. The third-order valence-electron chi connectivity index (χ3n) is 10.8. The van der Waals surface area contributed by atoms with Gasteiger partial charge in [0.15, 0.2) is 0 Å². The maximum absolute atomic E-state index is 14.1. The van der Waals surface area contributed by atoms with Crippen LogP contribution in [0.1, 0.15) is 64.9 Å². The molecule has 6 rings (SSSR count). The number of rotatable bonds is 13. The Balaban J connectivity index is 1.45. The Morgan fingerprint density at radius 1 is 0.784 bits per heavy atom. The first kappa shape index (κ1) is 36.7. The molecule has 5 atom stereocenters. The van der Waals surface area contributed by atoms with Crippen LogP contribution in [0.15, 0.2) is 121 Å². The Bertz CT molecular complexity index is 1600. The van der Waals surface area contributed by atoms with Gasteiger partial charge in [0.1, 0.15) is 0 Å². The van der Waals surface area contributed by atoms with E-state index in [9.17, 15) is 14.7 Å². The first-order chi connectivity index (χ1) is 24.6. The molecule has 1 saturated heterocycles. The van der Waals surface area contributed by atoms with E-state index >= 15 is 0 Å². The van der Waals surface area contributed by atoms with Crippen molar-refractivity contribution in [1.82, 2.24) is 10.2 Å². The van der Waals surface area contributed by atoms with Gasteiger partial charge in [-0.3, -0.25) is 14.5 Å². The molecule has 0 spiro atoms. The van der Waals surface area contributed by atoms with E-state index in [2.05, 4.69) is 83.0 Å². The highest BCUT2D eigenvalue weighted by molar-refractivity contribution is 7.07. The molecular weight excluding hydrogens is 649 g/mol. The lowest BCUT2D eigenvalue weighted by atomic mass is 9.72. The first-order valence-corrected chi connectivity index (χ1v) is 20.7. The molecule has 6 nitrogen and oxygen atoms in total. The number of carbonyl (C=O) groups excluding carboxylic acids is 1. The van der Waals surface area contributed by atoms with Crippen molar-refractivity contribution in [2.24, 2.45) is 17.8 Å². The monoisotopic (exact) mass is 702 g/mol. The summed E-state index contributed by atoms with van der Waals surface area (Å²) in [6, 6.07) is 41.1. The molecule has 0 bridgehead atoms. The molecule has 4 aromatic carbocycles. The fourth-order valence-electron chi connectivity index (χ4n) is 8.51. The number of benzene rings is 4. The van der Waals surface area contributed by atoms with E-state index in [4.69, 9.17) is 4.43 Å². The van der Waals surface area contributed by atoms with Crippen molar-refractivity contribution in [3.05, 3.63) is 127 Å². The van der Waals surface area contributed by atoms with Gasteiger partial charge in [0.2, 0.25) is 5.91 Å². The van der Waals surface area contributed by atoms with Crippen molar-refractivity contribution in [3.8, 4) is 0 Å². The molecule has 51 heavy (non-hydrogen) atoms. The SMILES string of the molecule is CC(C)(C)NC(=O)[C@@H]1C[C@@H]2CCCC[C@@H]2CN1CC(CC(Cc1ccccc1)C(=O)O)O[Si](c1ccccc1)(c1ccccc1)c1ccccc1. The van der Waals surface area contributed by atoms with Crippen molar-refractivity contribution >= 4 is 35.8 Å². The smallest absolute Gasteiger partial charge is 0.306 e. The summed E-state index contributed by atoms with van der Waals surface area (Å²) in [7, 11) is -3.21. The van der Waals surface area contributed by atoms with Gasteiger partial charge < -0.3 is 14.8 Å². The molecule has 7 heteroatoms. The third kappa shape index (κ3) is 9.07. The van der Waals surface area contributed by atoms with E-state index < -0.39 is 26.3 Å². The van der Waals surface area contributed by atoms with Gasteiger partial charge in [-0.1, -0.05) is 141 Å². The summed E-state index contributed by atoms with van der Waals surface area (Å²) in [5.41, 5.74) is 0.633. The highest BCUT2D eigenvalue weighted by atomic mass is 28.4. The standard InChI is InChI=1S/C44H54N2O4Si/c1-44(2,3)45-42(47)41-30-34-20-16-17-21-35(34)31-46(41)32-37(29-36(43(48)49)28-33-18-8-4-9-19-33)50-51(38-22-10-5-11-23-38,39-24-12-6-13-25-39)40-26-14-7-15-27-40/h4-15,18-19,22-27,34-37,41H,16-17,20-21,28-32H2,1-3H3,(H,45,47)(H,48,49)/t34-,35+,36?,37?,41-/m0/s1. The lowest BCUT2D eigenvalue weighted by Gasteiger charge is -2.48. The second kappa shape index (κ2) is 16.5. The Hall–Kier alpha value is -4.04. The number of hydrogen-bond donors (Lipinski definition) is 2. The number of amides is 1. The molecule has 1 amide bonds. The number of hydrogen-bond acceptors (Lipinski definition) is 4. The Labute approximate surface area is 305 Å². The Morgan fingerprint density at radius 3 is 1.76 bits per heavy atom. The van der Waals surface area contributed by atoms with Crippen molar-refractivity contribution < 1.29 is 19.1 Å². The van der Waals surface area contributed by atoms with Crippen molar-refractivity contribution in [3.63, 3.8) is 0 Å². The van der Waals surface area contributed by atoms with Crippen molar-refractivity contribution in [2.75, 3.05) is 13.1 Å². The van der Waals surface area contributed by atoms with Crippen LogP contribution in [0.5, 0.6) is 0 Å². The fourth-order valence-corrected chi connectivity index (χ4v) is 12.6. The summed E-state index contributed by atoms with van der Waals surface area (Å²) >= 11 is 0. The van der Waals surface area contributed by atoms with Gasteiger partial charge in [0.25, 0.3) is 8.32 Å². The zero-order chi connectivity index (χ0) is 35.8. The third-order valence-corrected chi connectivity index (χ3v) is 15.0. The first-order valence-electron chi connectivity index (χ1n) is 18.8. The number of nitrogens with zero attached hydrogens (tertiary/aromatic N) is 1. The van der Waals surface area contributed by atoms with E-state index in [1.54, 1.807) is 0 Å². The summed E-state index contributed by atoms with van der Waals surface area (Å²) in [5.74, 6) is -0.382. The number of carbonyl (C=O) groups is 2. The molecule has 4 aromatic rings. The summed E-state index contributed by atoms with van der Waals surface area (Å²) in [6.45, 7) is 7.40. The molecule has 2 aliphatic rings. The van der Waals surface area contributed by atoms with Crippen LogP contribution in [0, 0.1) is 17.8 Å². The van der Waals surface area contributed by atoms with E-state index in [0.29, 0.717) is 31.2 Å². The largest absolute Gasteiger partial charge is 0.481 e. The second-order valence-corrected chi connectivity index (χ2v) is 19.1. The van der Waals surface area contributed by atoms with Crippen LogP contribution >= 0.6 is 0 Å². The molecule has 2 fully saturated rings. The molecule has 1 aliphatic carbocycles. The number of nitrogens with one attached hydrogen (secondary N) is 1.